The fourth-order valence-corrected chi connectivity index (χ4v) is 7.89. The van der Waals surface area contributed by atoms with Crippen molar-refractivity contribution in [1.29, 1.82) is 0 Å². The highest BCUT2D eigenvalue weighted by Crippen LogP contribution is 2.43. The van der Waals surface area contributed by atoms with Gasteiger partial charge in [0.15, 0.2) is 0 Å². The minimum Gasteiger partial charge on any atom is -0.456 e. The van der Waals surface area contributed by atoms with E-state index in [1.807, 2.05) is 23.5 Å². The van der Waals surface area contributed by atoms with Crippen LogP contribution in [-0.2, 0) is 0 Å². The highest BCUT2D eigenvalue weighted by molar-refractivity contribution is 7.25. The number of hydrogen-bond donors (Lipinski definition) is 0. The van der Waals surface area contributed by atoms with Crippen LogP contribution >= 0.6 is 11.3 Å². The maximum absolute atomic E-state index is 6.55. The molecule has 0 saturated carbocycles. The molecule has 10 rings (SSSR count). The molecule has 4 heteroatoms. The third-order valence-corrected chi connectivity index (χ3v) is 9.94. The second-order valence-corrected chi connectivity index (χ2v) is 12.5. The zero-order chi connectivity index (χ0) is 28.8. The van der Waals surface area contributed by atoms with Gasteiger partial charge in [-0.15, -0.1) is 11.3 Å². The van der Waals surface area contributed by atoms with Crippen LogP contribution in [0.15, 0.2) is 148 Å². The Bertz CT molecular complexity index is 2730. The summed E-state index contributed by atoms with van der Waals surface area (Å²) in [5.41, 5.74) is 6.82. The number of thiophene rings is 1. The average Bonchev–Trinajstić information content (AvgIpc) is 3.73. The van der Waals surface area contributed by atoms with Crippen LogP contribution in [0.2, 0.25) is 0 Å². The predicted octanol–water partition coefficient (Wildman–Crippen LogP) is 12.5. The van der Waals surface area contributed by atoms with Gasteiger partial charge in [0.05, 0.1) is 0 Å². The number of nitrogens with zero attached hydrogens (tertiary/aromatic N) is 1. The number of para-hydroxylation sites is 2. The van der Waals surface area contributed by atoms with E-state index in [1.165, 1.54) is 25.6 Å². The van der Waals surface area contributed by atoms with E-state index in [-0.39, 0.29) is 0 Å². The Morgan fingerprint density at radius 3 is 1.75 bits per heavy atom. The Morgan fingerprint density at radius 2 is 0.932 bits per heavy atom. The van der Waals surface area contributed by atoms with Crippen molar-refractivity contribution in [1.82, 2.24) is 0 Å². The lowest BCUT2D eigenvalue weighted by atomic mass is 10.0. The molecular weight excluding hydrogens is 559 g/mol. The Morgan fingerprint density at radius 1 is 0.364 bits per heavy atom. The van der Waals surface area contributed by atoms with E-state index in [0.29, 0.717) is 0 Å². The Labute approximate surface area is 255 Å². The van der Waals surface area contributed by atoms with Gasteiger partial charge >= 0.3 is 0 Å². The summed E-state index contributed by atoms with van der Waals surface area (Å²) in [5, 5.41) is 9.37. The van der Waals surface area contributed by atoms with E-state index in [0.717, 1.165) is 66.3 Å². The number of benzene rings is 7. The molecule has 3 heterocycles. The number of hydrogen-bond acceptors (Lipinski definition) is 4. The van der Waals surface area contributed by atoms with Crippen molar-refractivity contribution in [2.24, 2.45) is 0 Å². The molecule has 3 nitrogen and oxygen atoms in total. The van der Waals surface area contributed by atoms with Gasteiger partial charge in [-0.2, -0.15) is 0 Å². The number of anilines is 3. The summed E-state index contributed by atoms with van der Waals surface area (Å²) in [6.45, 7) is 0. The first-order valence-corrected chi connectivity index (χ1v) is 15.6. The van der Waals surface area contributed by atoms with Crippen LogP contribution in [0, 0.1) is 0 Å². The third kappa shape index (κ3) is 3.49. The molecule has 0 fully saturated rings. The lowest BCUT2D eigenvalue weighted by Gasteiger charge is -2.25. The summed E-state index contributed by atoms with van der Waals surface area (Å²) in [5.74, 6) is 0. The maximum Gasteiger partial charge on any atom is 0.137 e. The first-order chi connectivity index (χ1) is 21.8. The van der Waals surface area contributed by atoms with Gasteiger partial charge in [-0.3, -0.25) is 0 Å². The SMILES string of the molecule is c1ccc(N(c2ccc3c(c2)oc2cc4cc5oc6ccccc6c5cc4cc23)c2ccc3c(c2)sc2ccccc23)cc1. The lowest BCUT2D eigenvalue weighted by Crippen LogP contribution is -2.09. The smallest absolute Gasteiger partial charge is 0.137 e. The van der Waals surface area contributed by atoms with Gasteiger partial charge in [-0.25, -0.2) is 0 Å². The molecule has 44 heavy (non-hydrogen) atoms. The maximum atomic E-state index is 6.55. The van der Waals surface area contributed by atoms with Crippen LogP contribution in [0.25, 0.3) is 74.8 Å². The summed E-state index contributed by atoms with van der Waals surface area (Å²) in [4.78, 5) is 2.31. The molecular formula is C40H23NO2S. The zero-order valence-electron chi connectivity index (χ0n) is 23.5. The normalized spacial score (nSPS) is 12.1. The molecule has 0 amide bonds. The molecule has 0 atom stereocenters. The molecule has 0 bridgehead atoms. The first kappa shape index (κ1) is 23.9. The molecule has 3 aromatic heterocycles. The molecule has 0 aliphatic rings. The van der Waals surface area contributed by atoms with Gasteiger partial charge in [0.2, 0.25) is 0 Å². The van der Waals surface area contributed by atoms with E-state index >= 15 is 0 Å². The first-order valence-electron chi connectivity index (χ1n) is 14.7. The zero-order valence-corrected chi connectivity index (χ0v) is 24.3. The van der Waals surface area contributed by atoms with Crippen molar-refractivity contribution in [3.63, 3.8) is 0 Å². The average molecular weight is 582 g/mol. The molecule has 0 aliphatic heterocycles. The molecule has 0 saturated heterocycles. The molecule has 206 valence electrons. The van der Waals surface area contributed by atoms with Crippen LogP contribution in [0.4, 0.5) is 17.1 Å². The van der Waals surface area contributed by atoms with Crippen LogP contribution in [0.1, 0.15) is 0 Å². The number of fused-ring (bicyclic) bond motifs is 10. The minimum atomic E-state index is 0.866. The molecule has 7 aromatic carbocycles. The standard InChI is InChI=1S/C40H23NO2S/c1-2-8-26(9-3-1)41(28-15-17-32-31-11-5-7-13-39(31)44-40(32)23-28)27-14-16-30-34-19-24-18-33-29-10-4-6-12-35(29)42-36(33)20-25(24)21-37(34)43-38(30)22-27/h1-23H. The van der Waals surface area contributed by atoms with Crippen LogP contribution in [0.3, 0.4) is 0 Å². The van der Waals surface area contributed by atoms with Crippen molar-refractivity contribution in [3.05, 3.63) is 140 Å². The quantitative estimate of drug-likeness (QED) is 0.208. The second-order valence-electron chi connectivity index (χ2n) is 11.4. The highest BCUT2D eigenvalue weighted by Gasteiger charge is 2.18. The van der Waals surface area contributed by atoms with E-state index < -0.39 is 0 Å². The largest absolute Gasteiger partial charge is 0.456 e. The molecule has 0 N–H and O–H groups in total. The second kappa shape index (κ2) is 8.96. The van der Waals surface area contributed by atoms with Gasteiger partial charge in [-0.05, 0) is 83.6 Å². The monoisotopic (exact) mass is 581 g/mol. The summed E-state index contributed by atoms with van der Waals surface area (Å²) >= 11 is 1.84. The van der Waals surface area contributed by atoms with Crippen LogP contribution in [-0.4, -0.2) is 0 Å². The summed E-state index contributed by atoms with van der Waals surface area (Å²) < 4.78 is 15.3. The van der Waals surface area contributed by atoms with E-state index in [1.54, 1.807) is 0 Å². The van der Waals surface area contributed by atoms with Crippen LogP contribution in [0.5, 0.6) is 0 Å². The van der Waals surface area contributed by atoms with Crippen molar-refractivity contribution >= 4 is 103 Å². The van der Waals surface area contributed by atoms with Crippen molar-refractivity contribution in [3.8, 4) is 0 Å². The summed E-state index contributed by atoms with van der Waals surface area (Å²) in [6, 6.07) is 49.5. The lowest BCUT2D eigenvalue weighted by molar-refractivity contribution is 0.668. The fourth-order valence-electron chi connectivity index (χ4n) is 6.75. The molecule has 10 aromatic rings. The summed E-state index contributed by atoms with van der Waals surface area (Å²) in [7, 11) is 0. The van der Waals surface area contributed by atoms with E-state index in [4.69, 9.17) is 8.83 Å². The van der Waals surface area contributed by atoms with Crippen LogP contribution < -0.4 is 4.90 Å². The van der Waals surface area contributed by atoms with Crippen molar-refractivity contribution < 1.29 is 8.83 Å². The minimum absolute atomic E-state index is 0.866. The Balaban J connectivity index is 1.15. The highest BCUT2D eigenvalue weighted by atomic mass is 32.1. The van der Waals surface area contributed by atoms with Gasteiger partial charge < -0.3 is 13.7 Å². The predicted molar refractivity (Wildman–Crippen MR) is 186 cm³/mol. The Hall–Kier alpha value is -5.58. The molecule has 0 radical (unpaired) electrons. The van der Waals surface area contributed by atoms with Gasteiger partial charge in [-0.1, -0.05) is 60.7 Å². The van der Waals surface area contributed by atoms with Gasteiger partial charge in [0.1, 0.15) is 22.3 Å². The van der Waals surface area contributed by atoms with Gasteiger partial charge in [0.25, 0.3) is 0 Å². The number of rotatable bonds is 3. The topological polar surface area (TPSA) is 29.5 Å². The van der Waals surface area contributed by atoms with Crippen molar-refractivity contribution in [2.75, 3.05) is 4.90 Å². The Kier molecular flexibility index (Phi) is 4.87. The third-order valence-electron chi connectivity index (χ3n) is 8.80. The fraction of sp³-hybridized carbons (Fsp3) is 0. The van der Waals surface area contributed by atoms with Crippen molar-refractivity contribution in [2.45, 2.75) is 0 Å². The molecule has 0 aliphatic carbocycles. The number of furan rings is 2. The summed E-state index contributed by atoms with van der Waals surface area (Å²) in [6.07, 6.45) is 0. The molecule has 0 unspecified atom stereocenters. The van der Waals surface area contributed by atoms with Gasteiger partial charge in [0, 0.05) is 64.8 Å². The van der Waals surface area contributed by atoms with E-state index in [2.05, 4.69) is 132 Å². The van der Waals surface area contributed by atoms with E-state index in [9.17, 15) is 0 Å². The molecule has 0 spiro atoms.